The second kappa shape index (κ2) is 6.91. The lowest BCUT2D eigenvalue weighted by atomic mass is 10.2. The van der Waals surface area contributed by atoms with Crippen LogP contribution in [-0.2, 0) is 4.79 Å². The third-order valence-electron chi connectivity index (χ3n) is 2.57. The van der Waals surface area contributed by atoms with E-state index < -0.39 is 5.82 Å². The van der Waals surface area contributed by atoms with Crippen LogP contribution in [0.25, 0.3) is 0 Å². The Hall–Kier alpha value is -1.60. The van der Waals surface area contributed by atoms with E-state index in [1.807, 2.05) is 13.8 Å². The Morgan fingerprint density at radius 1 is 1.52 bits per heavy atom. The minimum Gasteiger partial charge on any atom is -0.324 e. The average molecular weight is 329 g/mol. The van der Waals surface area contributed by atoms with E-state index in [1.54, 1.807) is 0 Å². The van der Waals surface area contributed by atoms with Gasteiger partial charge in [0.15, 0.2) is 0 Å². The van der Waals surface area contributed by atoms with Gasteiger partial charge in [-0.05, 0) is 18.2 Å². The number of amides is 1. The number of halogens is 2. The summed E-state index contributed by atoms with van der Waals surface area (Å²) < 4.78 is 12.9. The number of aromatic nitrogens is 3. The van der Waals surface area contributed by atoms with Crippen molar-refractivity contribution in [2.24, 2.45) is 0 Å². The highest BCUT2D eigenvalue weighted by Crippen LogP contribution is 2.23. The SMILES string of the molecule is CC(C)c1nc(SCC(=O)Nc2ccc(F)cc2Cl)n[nH]1. The maximum absolute atomic E-state index is 12.9. The van der Waals surface area contributed by atoms with Crippen LogP contribution in [0.5, 0.6) is 0 Å². The largest absolute Gasteiger partial charge is 0.324 e. The third-order valence-corrected chi connectivity index (χ3v) is 3.73. The molecule has 21 heavy (non-hydrogen) atoms. The first-order chi connectivity index (χ1) is 9.95. The number of carbonyl (C=O) groups excluding carboxylic acids is 1. The molecule has 8 heteroatoms. The van der Waals surface area contributed by atoms with Crippen molar-refractivity contribution in [3.05, 3.63) is 34.9 Å². The highest BCUT2D eigenvalue weighted by atomic mass is 35.5. The molecule has 5 nitrogen and oxygen atoms in total. The van der Waals surface area contributed by atoms with Crippen LogP contribution < -0.4 is 5.32 Å². The van der Waals surface area contributed by atoms with Crippen molar-refractivity contribution in [1.29, 1.82) is 0 Å². The van der Waals surface area contributed by atoms with Crippen molar-refractivity contribution in [2.45, 2.75) is 24.9 Å². The summed E-state index contributed by atoms with van der Waals surface area (Å²) in [5.41, 5.74) is 0.376. The number of anilines is 1. The monoisotopic (exact) mass is 328 g/mol. The van der Waals surface area contributed by atoms with Crippen molar-refractivity contribution in [1.82, 2.24) is 15.2 Å². The van der Waals surface area contributed by atoms with E-state index in [9.17, 15) is 9.18 Å². The number of benzene rings is 1. The lowest BCUT2D eigenvalue weighted by Crippen LogP contribution is -2.14. The Labute approximate surface area is 130 Å². The number of carbonyl (C=O) groups is 1. The van der Waals surface area contributed by atoms with Crippen LogP contribution in [-0.4, -0.2) is 26.8 Å². The zero-order chi connectivity index (χ0) is 15.4. The van der Waals surface area contributed by atoms with E-state index in [1.165, 1.54) is 23.9 Å². The predicted octanol–water partition coefficient (Wildman–Crippen LogP) is 3.45. The molecule has 0 aliphatic carbocycles. The van der Waals surface area contributed by atoms with E-state index in [-0.39, 0.29) is 22.6 Å². The maximum Gasteiger partial charge on any atom is 0.234 e. The van der Waals surface area contributed by atoms with Crippen molar-refractivity contribution in [3.63, 3.8) is 0 Å². The van der Waals surface area contributed by atoms with Gasteiger partial charge >= 0.3 is 0 Å². The second-order valence-corrected chi connectivity index (χ2v) is 5.97. The van der Waals surface area contributed by atoms with Crippen LogP contribution in [0.3, 0.4) is 0 Å². The molecular weight excluding hydrogens is 315 g/mol. The average Bonchev–Trinajstić information content (AvgIpc) is 2.89. The number of hydrogen-bond acceptors (Lipinski definition) is 4. The lowest BCUT2D eigenvalue weighted by Gasteiger charge is -2.06. The predicted molar refractivity (Wildman–Crippen MR) is 81.2 cm³/mol. The van der Waals surface area contributed by atoms with E-state index >= 15 is 0 Å². The van der Waals surface area contributed by atoms with Crippen molar-refractivity contribution in [2.75, 3.05) is 11.1 Å². The topological polar surface area (TPSA) is 70.7 Å². The lowest BCUT2D eigenvalue weighted by molar-refractivity contribution is -0.113. The highest BCUT2D eigenvalue weighted by Gasteiger charge is 2.11. The summed E-state index contributed by atoms with van der Waals surface area (Å²) in [4.78, 5) is 16.1. The number of thioether (sulfide) groups is 1. The molecule has 1 aromatic carbocycles. The molecule has 0 radical (unpaired) electrons. The Bertz CT molecular complexity index is 647. The zero-order valence-corrected chi connectivity index (χ0v) is 13.1. The Kier molecular flexibility index (Phi) is 5.19. The van der Waals surface area contributed by atoms with Crippen LogP contribution >= 0.6 is 23.4 Å². The van der Waals surface area contributed by atoms with E-state index in [2.05, 4.69) is 20.5 Å². The van der Waals surface area contributed by atoms with E-state index in [0.29, 0.717) is 10.8 Å². The number of H-pyrrole nitrogens is 1. The van der Waals surface area contributed by atoms with Crippen molar-refractivity contribution >= 4 is 35.0 Å². The summed E-state index contributed by atoms with van der Waals surface area (Å²) in [6.45, 7) is 4.00. The number of hydrogen-bond donors (Lipinski definition) is 2. The molecule has 2 aromatic rings. The first-order valence-corrected chi connectivity index (χ1v) is 7.62. The molecule has 0 saturated carbocycles. The van der Waals surface area contributed by atoms with Gasteiger partial charge in [0, 0.05) is 5.92 Å². The van der Waals surface area contributed by atoms with E-state index in [4.69, 9.17) is 11.6 Å². The number of nitrogens with zero attached hydrogens (tertiary/aromatic N) is 2. The molecule has 0 unspecified atom stereocenters. The molecule has 1 aromatic heterocycles. The normalized spacial score (nSPS) is 10.9. The summed E-state index contributed by atoms with van der Waals surface area (Å²) in [6.07, 6.45) is 0. The third kappa shape index (κ3) is 4.44. The number of nitrogens with one attached hydrogen (secondary N) is 2. The molecule has 0 aliphatic heterocycles. The minimum absolute atomic E-state index is 0.142. The fraction of sp³-hybridized carbons (Fsp3) is 0.308. The van der Waals surface area contributed by atoms with Gasteiger partial charge in [-0.25, -0.2) is 9.37 Å². The highest BCUT2D eigenvalue weighted by molar-refractivity contribution is 7.99. The molecule has 112 valence electrons. The molecule has 2 N–H and O–H groups in total. The molecule has 0 atom stereocenters. The molecule has 1 amide bonds. The van der Waals surface area contributed by atoms with Gasteiger partial charge in [0.25, 0.3) is 0 Å². The fourth-order valence-corrected chi connectivity index (χ4v) is 2.31. The van der Waals surface area contributed by atoms with Crippen LogP contribution in [0.15, 0.2) is 23.4 Å². The minimum atomic E-state index is -0.450. The van der Waals surface area contributed by atoms with Crippen LogP contribution in [0, 0.1) is 5.82 Å². The van der Waals surface area contributed by atoms with Gasteiger partial charge in [0.2, 0.25) is 11.1 Å². The van der Waals surface area contributed by atoms with Crippen LogP contribution in [0.2, 0.25) is 5.02 Å². The summed E-state index contributed by atoms with van der Waals surface area (Å²) in [6, 6.07) is 3.80. The number of rotatable bonds is 5. The smallest absolute Gasteiger partial charge is 0.234 e. The van der Waals surface area contributed by atoms with Crippen molar-refractivity contribution in [3.8, 4) is 0 Å². The van der Waals surface area contributed by atoms with Crippen molar-refractivity contribution < 1.29 is 9.18 Å². The van der Waals surface area contributed by atoms with Gasteiger partial charge < -0.3 is 5.32 Å². The maximum atomic E-state index is 12.9. The summed E-state index contributed by atoms with van der Waals surface area (Å²) in [5, 5.41) is 10.1. The first-order valence-electron chi connectivity index (χ1n) is 6.25. The standard InChI is InChI=1S/C13H14ClFN4OS/c1-7(2)12-17-13(19-18-12)21-6-11(20)16-10-4-3-8(15)5-9(10)14/h3-5,7H,6H2,1-2H3,(H,16,20)(H,17,18,19). The second-order valence-electron chi connectivity index (χ2n) is 4.62. The van der Waals surface area contributed by atoms with Gasteiger partial charge in [-0.3, -0.25) is 9.89 Å². The summed E-state index contributed by atoms with van der Waals surface area (Å²) in [7, 11) is 0. The van der Waals surface area contributed by atoms with Gasteiger partial charge in [0.05, 0.1) is 16.5 Å². The molecule has 0 bridgehead atoms. The fourth-order valence-electron chi connectivity index (χ4n) is 1.49. The molecule has 0 spiro atoms. The Balaban J connectivity index is 1.89. The van der Waals surface area contributed by atoms with Gasteiger partial charge in [-0.15, -0.1) is 5.10 Å². The molecule has 0 aliphatic rings. The summed E-state index contributed by atoms with van der Waals surface area (Å²) in [5.74, 6) is 0.459. The van der Waals surface area contributed by atoms with Crippen LogP contribution in [0.1, 0.15) is 25.6 Å². The number of aromatic amines is 1. The molecule has 0 fully saturated rings. The van der Waals surface area contributed by atoms with E-state index in [0.717, 1.165) is 11.9 Å². The van der Waals surface area contributed by atoms with Gasteiger partial charge in [-0.2, -0.15) is 0 Å². The molecule has 1 heterocycles. The molecule has 2 rings (SSSR count). The quantitative estimate of drug-likeness (QED) is 0.825. The first kappa shape index (κ1) is 15.8. The Morgan fingerprint density at radius 2 is 2.29 bits per heavy atom. The van der Waals surface area contributed by atoms with Gasteiger partial charge in [0.1, 0.15) is 11.6 Å². The van der Waals surface area contributed by atoms with Gasteiger partial charge in [-0.1, -0.05) is 37.2 Å². The van der Waals surface area contributed by atoms with Crippen LogP contribution in [0.4, 0.5) is 10.1 Å². The summed E-state index contributed by atoms with van der Waals surface area (Å²) >= 11 is 7.05. The molecule has 0 saturated heterocycles. The molecular formula is C13H14ClFN4OS. The zero-order valence-electron chi connectivity index (χ0n) is 11.5. The Morgan fingerprint density at radius 3 is 2.90 bits per heavy atom.